The van der Waals surface area contributed by atoms with E-state index in [9.17, 15) is 0 Å². The third-order valence-electron chi connectivity index (χ3n) is 2.88. The van der Waals surface area contributed by atoms with Crippen LogP contribution in [0, 0.1) is 18.8 Å². The van der Waals surface area contributed by atoms with Crippen LogP contribution < -0.4 is 5.73 Å². The summed E-state index contributed by atoms with van der Waals surface area (Å²) in [7, 11) is 2.00. The van der Waals surface area contributed by atoms with Gasteiger partial charge in [-0.05, 0) is 54.1 Å². The first-order valence-electron chi connectivity index (χ1n) is 5.83. The molecular weight excluding hydrogens is 266 g/mol. The smallest absolute Gasteiger partial charge is 0.0738 e. The van der Waals surface area contributed by atoms with Gasteiger partial charge >= 0.3 is 0 Å². The molecule has 2 N–H and O–H groups in total. The van der Waals surface area contributed by atoms with E-state index in [1.807, 2.05) is 18.7 Å². The van der Waals surface area contributed by atoms with Gasteiger partial charge in [-0.2, -0.15) is 5.10 Å². The van der Waals surface area contributed by atoms with Gasteiger partial charge in [-0.25, -0.2) is 0 Å². The van der Waals surface area contributed by atoms with Crippen LogP contribution in [-0.4, -0.2) is 16.3 Å². The van der Waals surface area contributed by atoms with E-state index in [2.05, 4.69) is 34.9 Å². The van der Waals surface area contributed by atoms with E-state index >= 15 is 0 Å². The number of hydrogen-bond acceptors (Lipinski definition) is 2. The van der Waals surface area contributed by atoms with Crippen molar-refractivity contribution >= 4 is 15.9 Å². The van der Waals surface area contributed by atoms with Gasteiger partial charge < -0.3 is 5.73 Å². The molecule has 0 radical (unpaired) electrons. The zero-order valence-corrected chi connectivity index (χ0v) is 12.2. The lowest BCUT2D eigenvalue weighted by Gasteiger charge is -2.17. The van der Waals surface area contributed by atoms with E-state index in [4.69, 9.17) is 5.73 Å². The SMILES string of the molecule is Cc1nn(C)c(CC(CN)CC(C)C)c1Br. The summed E-state index contributed by atoms with van der Waals surface area (Å²) < 4.78 is 3.10. The molecule has 4 heteroatoms. The summed E-state index contributed by atoms with van der Waals surface area (Å²) in [6, 6.07) is 0. The van der Waals surface area contributed by atoms with E-state index in [1.54, 1.807) is 0 Å². The summed E-state index contributed by atoms with van der Waals surface area (Å²) in [5.41, 5.74) is 8.14. The highest BCUT2D eigenvalue weighted by molar-refractivity contribution is 9.10. The minimum Gasteiger partial charge on any atom is -0.330 e. The topological polar surface area (TPSA) is 43.8 Å². The quantitative estimate of drug-likeness (QED) is 0.905. The number of nitrogens with two attached hydrogens (primary N) is 1. The summed E-state index contributed by atoms with van der Waals surface area (Å²) >= 11 is 3.60. The second-order valence-electron chi connectivity index (χ2n) is 4.91. The van der Waals surface area contributed by atoms with Crippen molar-refractivity contribution in [2.75, 3.05) is 6.54 Å². The Morgan fingerprint density at radius 3 is 2.44 bits per heavy atom. The number of halogens is 1. The zero-order chi connectivity index (χ0) is 12.3. The number of rotatable bonds is 5. The summed E-state index contributed by atoms with van der Waals surface area (Å²) in [6.45, 7) is 7.25. The second-order valence-corrected chi connectivity index (χ2v) is 5.70. The molecule has 1 rings (SSSR count). The lowest BCUT2D eigenvalue weighted by atomic mass is 9.93. The molecule has 3 nitrogen and oxygen atoms in total. The lowest BCUT2D eigenvalue weighted by Crippen LogP contribution is -2.20. The highest BCUT2D eigenvalue weighted by Gasteiger charge is 2.16. The van der Waals surface area contributed by atoms with Crippen LogP contribution in [0.25, 0.3) is 0 Å². The molecule has 1 unspecified atom stereocenters. The van der Waals surface area contributed by atoms with Crippen molar-refractivity contribution in [3.05, 3.63) is 15.9 Å². The predicted molar refractivity (Wildman–Crippen MR) is 71.3 cm³/mol. The maximum Gasteiger partial charge on any atom is 0.0738 e. The van der Waals surface area contributed by atoms with E-state index in [0.29, 0.717) is 11.8 Å². The van der Waals surface area contributed by atoms with Crippen molar-refractivity contribution in [1.29, 1.82) is 0 Å². The predicted octanol–water partition coefficient (Wildman–Crippen LogP) is 2.65. The van der Waals surface area contributed by atoms with Crippen LogP contribution in [-0.2, 0) is 13.5 Å². The van der Waals surface area contributed by atoms with Gasteiger partial charge in [0.2, 0.25) is 0 Å². The Hall–Kier alpha value is -0.350. The van der Waals surface area contributed by atoms with Gasteiger partial charge in [-0.3, -0.25) is 4.68 Å². The third-order valence-corrected chi connectivity index (χ3v) is 3.91. The highest BCUT2D eigenvalue weighted by Crippen LogP contribution is 2.24. The van der Waals surface area contributed by atoms with E-state index in [0.717, 1.165) is 23.1 Å². The van der Waals surface area contributed by atoms with E-state index < -0.39 is 0 Å². The second kappa shape index (κ2) is 5.82. The fourth-order valence-corrected chi connectivity index (χ4v) is 2.60. The average Bonchev–Trinajstić information content (AvgIpc) is 2.43. The fourth-order valence-electron chi connectivity index (χ4n) is 2.10. The molecule has 1 aromatic rings. The molecule has 0 saturated heterocycles. The van der Waals surface area contributed by atoms with Crippen molar-refractivity contribution in [3.63, 3.8) is 0 Å². The Morgan fingerprint density at radius 1 is 1.44 bits per heavy atom. The van der Waals surface area contributed by atoms with Crippen LogP contribution in [0.2, 0.25) is 0 Å². The van der Waals surface area contributed by atoms with Crippen molar-refractivity contribution in [3.8, 4) is 0 Å². The third kappa shape index (κ3) is 3.32. The number of aromatic nitrogens is 2. The standard InChI is InChI=1S/C12H22BrN3/c1-8(2)5-10(7-14)6-11-12(13)9(3)15-16(11)4/h8,10H,5-7,14H2,1-4H3. The first-order valence-corrected chi connectivity index (χ1v) is 6.63. The van der Waals surface area contributed by atoms with Gasteiger partial charge in [0, 0.05) is 7.05 Å². The van der Waals surface area contributed by atoms with Gasteiger partial charge in [0.15, 0.2) is 0 Å². The molecule has 0 bridgehead atoms. The Bertz CT molecular complexity index is 344. The van der Waals surface area contributed by atoms with Crippen molar-refractivity contribution in [2.24, 2.45) is 24.6 Å². The average molecular weight is 288 g/mol. The molecule has 0 aliphatic heterocycles. The maximum atomic E-state index is 5.83. The van der Waals surface area contributed by atoms with E-state index in [-0.39, 0.29) is 0 Å². The van der Waals surface area contributed by atoms with Crippen molar-refractivity contribution < 1.29 is 0 Å². The number of aryl methyl sites for hydroxylation is 2. The summed E-state index contributed by atoms with van der Waals surface area (Å²) in [5, 5.41) is 4.41. The molecule has 0 fully saturated rings. The normalized spacial score (nSPS) is 13.4. The molecule has 0 aliphatic carbocycles. The van der Waals surface area contributed by atoms with Gasteiger partial charge in [0.25, 0.3) is 0 Å². The largest absolute Gasteiger partial charge is 0.330 e. The number of nitrogens with zero attached hydrogens (tertiary/aromatic N) is 2. The van der Waals surface area contributed by atoms with Gasteiger partial charge in [-0.1, -0.05) is 13.8 Å². The van der Waals surface area contributed by atoms with Crippen LogP contribution in [0.5, 0.6) is 0 Å². The molecule has 0 amide bonds. The minimum atomic E-state index is 0.547. The van der Waals surface area contributed by atoms with Crippen LogP contribution in [0.3, 0.4) is 0 Å². The van der Waals surface area contributed by atoms with Crippen molar-refractivity contribution in [1.82, 2.24) is 9.78 Å². The highest BCUT2D eigenvalue weighted by atomic mass is 79.9. The first-order chi connectivity index (χ1) is 7.45. The molecule has 0 aliphatic rings. The van der Waals surface area contributed by atoms with Gasteiger partial charge in [0.05, 0.1) is 15.9 Å². The monoisotopic (exact) mass is 287 g/mol. The molecule has 0 spiro atoms. The van der Waals surface area contributed by atoms with E-state index in [1.165, 1.54) is 12.1 Å². The Kier molecular flexibility index (Phi) is 4.99. The molecular formula is C12H22BrN3. The van der Waals surface area contributed by atoms with Gasteiger partial charge in [-0.15, -0.1) is 0 Å². The minimum absolute atomic E-state index is 0.547. The Labute approximate surface area is 107 Å². The summed E-state index contributed by atoms with van der Waals surface area (Å²) in [4.78, 5) is 0. The van der Waals surface area contributed by atoms with Crippen molar-refractivity contribution in [2.45, 2.75) is 33.6 Å². The fraction of sp³-hybridized carbons (Fsp3) is 0.750. The van der Waals surface area contributed by atoms with Crippen LogP contribution in [0.15, 0.2) is 4.47 Å². The summed E-state index contributed by atoms with van der Waals surface area (Å²) in [6.07, 6.45) is 2.18. The molecule has 16 heavy (non-hydrogen) atoms. The molecule has 1 atom stereocenters. The Morgan fingerprint density at radius 2 is 2.06 bits per heavy atom. The zero-order valence-electron chi connectivity index (χ0n) is 10.6. The number of hydrogen-bond donors (Lipinski definition) is 1. The first kappa shape index (κ1) is 13.7. The maximum absolute atomic E-state index is 5.83. The molecule has 1 heterocycles. The lowest BCUT2D eigenvalue weighted by molar-refractivity contribution is 0.406. The molecule has 1 aromatic heterocycles. The molecule has 0 aromatic carbocycles. The Balaban J connectivity index is 2.77. The van der Waals surface area contributed by atoms with Crippen LogP contribution in [0.1, 0.15) is 31.7 Å². The molecule has 92 valence electrons. The summed E-state index contributed by atoms with van der Waals surface area (Å²) in [5.74, 6) is 1.24. The molecule has 0 saturated carbocycles. The van der Waals surface area contributed by atoms with Gasteiger partial charge in [0.1, 0.15) is 0 Å². The van der Waals surface area contributed by atoms with Crippen LogP contribution >= 0.6 is 15.9 Å². The van der Waals surface area contributed by atoms with Crippen LogP contribution in [0.4, 0.5) is 0 Å².